The number of hydrogen-bond donors (Lipinski definition) is 1. The molecule has 2 nitrogen and oxygen atoms in total. The highest BCUT2D eigenvalue weighted by molar-refractivity contribution is 6.29. The predicted molar refractivity (Wildman–Crippen MR) is 77.2 cm³/mol. The van der Waals surface area contributed by atoms with Crippen molar-refractivity contribution in [2.24, 2.45) is 0 Å². The minimum atomic E-state index is 0.849. The molecule has 0 aromatic heterocycles. The highest BCUT2D eigenvalue weighted by Gasteiger charge is 2.11. The summed E-state index contributed by atoms with van der Waals surface area (Å²) in [5.41, 5.74) is 1.28. The maximum Gasteiger partial charge on any atom is 0.131 e. The second-order valence-electron chi connectivity index (χ2n) is 5.00. The lowest BCUT2D eigenvalue weighted by Gasteiger charge is -2.25. The summed E-state index contributed by atoms with van der Waals surface area (Å²) in [6.07, 6.45) is 6.08. The fraction of sp³-hybridized carbons (Fsp3) is 0.467. The van der Waals surface area contributed by atoms with Crippen LogP contribution in [0.15, 0.2) is 41.6 Å². The number of para-hydroxylation sites is 1. The van der Waals surface area contributed by atoms with Crippen molar-refractivity contribution in [3.8, 4) is 0 Å². The second kappa shape index (κ2) is 6.81. The van der Waals surface area contributed by atoms with Crippen molar-refractivity contribution < 1.29 is 4.90 Å². The number of hydrogen-bond acceptors (Lipinski definition) is 1. The molecule has 1 N–H and O–H groups in total. The molecule has 98 valence electrons. The molecule has 1 atom stereocenters. The summed E-state index contributed by atoms with van der Waals surface area (Å²) in [5.74, 6) is 0. The van der Waals surface area contributed by atoms with E-state index in [9.17, 15) is 0 Å². The Kier molecular flexibility index (Phi) is 5.09. The zero-order chi connectivity index (χ0) is 12.8. The lowest BCUT2D eigenvalue weighted by Crippen LogP contribution is -3.04. The maximum absolute atomic E-state index is 6.36. The molecule has 1 aromatic rings. The van der Waals surface area contributed by atoms with Crippen molar-refractivity contribution in [3.05, 3.63) is 41.6 Å². The Hall–Kier alpha value is -0.990. The van der Waals surface area contributed by atoms with Crippen molar-refractivity contribution in [2.45, 2.75) is 19.3 Å². The molecule has 0 spiro atoms. The van der Waals surface area contributed by atoms with E-state index in [4.69, 9.17) is 11.6 Å². The molecule has 3 heteroatoms. The van der Waals surface area contributed by atoms with Crippen LogP contribution in [0.1, 0.15) is 19.3 Å². The van der Waals surface area contributed by atoms with Gasteiger partial charge in [-0.05, 0) is 31.4 Å². The summed E-state index contributed by atoms with van der Waals surface area (Å²) in [4.78, 5) is 3.68. The third-order valence-corrected chi connectivity index (χ3v) is 3.65. The van der Waals surface area contributed by atoms with Gasteiger partial charge in [-0.25, -0.2) is 0 Å². The zero-order valence-electron chi connectivity index (χ0n) is 11.0. The highest BCUT2D eigenvalue weighted by Crippen LogP contribution is 2.11. The van der Waals surface area contributed by atoms with Gasteiger partial charge in [-0.1, -0.05) is 29.8 Å². The highest BCUT2D eigenvalue weighted by atomic mass is 35.5. The molecule has 1 fully saturated rings. The third-order valence-electron chi connectivity index (χ3n) is 3.41. The molecule has 0 radical (unpaired) electrons. The van der Waals surface area contributed by atoms with Gasteiger partial charge in [0.1, 0.15) is 12.2 Å². The lowest BCUT2D eigenvalue weighted by molar-refractivity contribution is -0.803. The van der Waals surface area contributed by atoms with Gasteiger partial charge < -0.3 is 9.80 Å². The first-order chi connectivity index (χ1) is 8.75. The van der Waals surface area contributed by atoms with Gasteiger partial charge in [0.05, 0.1) is 12.1 Å². The number of piperidine rings is 1. The molecule has 1 aliphatic rings. The van der Waals surface area contributed by atoms with E-state index in [1.165, 1.54) is 29.8 Å². The van der Waals surface area contributed by atoms with Crippen molar-refractivity contribution in [3.63, 3.8) is 0 Å². The largest absolute Gasteiger partial charge is 0.376 e. The van der Waals surface area contributed by atoms with E-state index in [1.54, 1.807) is 0 Å². The average Bonchev–Trinajstić information content (AvgIpc) is 2.40. The molecular formula is C15H22ClN2+. The van der Waals surface area contributed by atoms with Crippen LogP contribution < -0.4 is 4.90 Å². The van der Waals surface area contributed by atoms with E-state index in [2.05, 4.69) is 42.4 Å². The molecule has 1 saturated heterocycles. The van der Waals surface area contributed by atoms with E-state index >= 15 is 0 Å². The topological polar surface area (TPSA) is 7.68 Å². The van der Waals surface area contributed by atoms with Gasteiger partial charge in [0.2, 0.25) is 0 Å². The van der Waals surface area contributed by atoms with Crippen LogP contribution in [0.25, 0.3) is 0 Å². The molecule has 0 amide bonds. The van der Waals surface area contributed by atoms with Crippen molar-refractivity contribution in [2.75, 3.05) is 26.7 Å². The first-order valence-electron chi connectivity index (χ1n) is 6.74. The van der Waals surface area contributed by atoms with Crippen molar-refractivity contribution in [1.82, 2.24) is 4.90 Å². The third kappa shape index (κ3) is 4.04. The molecule has 1 aromatic carbocycles. The van der Waals surface area contributed by atoms with Crippen LogP contribution in [-0.2, 0) is 0 Å². The Morgan fingerprint density at radius 3 is 2.56 bits per heavy atom. The van der Waals surface area contributed by atoms with Crippen LogP contribution >= 0.6 is 11.6 Å². The first kappa shape index (κ1) is 13.4. The van der Waals surface area contributed by atoms with Gasteiger partial charge in [0.25, 0.3) is 0 Å². The Balaban J connectivity index is 1.90. The number of likely N-dealkylation sites (tertiary alicyclic amines) is 1. The minimum Gasteiger partial charge on any atom is -0.376 e. The van der Waals surface area contributed by atoms with Gasteiger partial charge in [-0.2, -0.15) is 0 Å². The van der Waals surface area contributed by atoms with E-state index in [0.717, 1.165) is 24.7 Å². The lowest BCUT2D eigenvalue weighted by atomic mass is 10.1. The molecule has 0 aliphatic carbocycles. The monoisotopic (exact) mass is 265 g/mol. The smallest absolute Gasteiger partial charge is 0.131 e. The fourth-order valence-electron chi connectivity index (χ4n) is 2.37. The Labute approximate surface area is 115 Å². The van der Waals surface area contributed by atoms with Crippen molar-refractivity contribution in [1.29, 1.82) is 0 Å². The summed E-state index contributed by atoms with van der Waals surface area (Å²) in [5, 5.41) is 0.943. The van der Waals surface area contributed by atoms with Gasteiger partial charge in [-0.3, -0.25) is 0 Å². The van der Waals surface area contributed by atoms with Gasteiger partial charge in [0, 0.05) is 19.3 Å². The zero-order valence-corrected chi connectivity index (χ0v) is 11.8. The molecule has 1 aliphatic heterocycles. The maximum atomic E-state index is 6.36. The number of nitrogens with one attached hydrogen (secondary N) is 1. The van der Waals surface area contributed by atoms with E-state index in [-0.39, 0.29) is 0 Å². The van der Waals surface area contributed by atoms with E-state index < -0.39 is 0 Å². The Morgan fingerprint density at radius 2 is 1.89 bits per heavy atom. The SMILES string of the molecule is C[NH+](C/C(Cl)=C/N1CCCCC1)c1ccccc1. The first-order valence-corrected chi connectivity index (χ1v) is 7.11. The summed E-state index contributed by atoms with van der Waals surface area (Å²) in [6.45, 7) is 3.16. The molecule has 2 rings (SSSR count). The minimum absolute atomic E-state index is 0.849. The number of halogens is 1. The molecule has 0 saturated carbocycles. The van der Waals surface area contributed by atoms with E-state index in [0.29, 0.717) is 0 Å². The van der Waals surface area contributed by atoms with Crippen LogP contribution in [0.3, 0.4) is 0 Å². The second-order valence-corrected chi connectivity index (χ2v) is 5.48. The summed E-state index contributed by atoms with van der Waals surface area (Å²) in [6, 6.07) is 10.5. The van der Waals surface area contributed by atoms with Crippen LogP contribution in [0.2, 0.25) is 0 Å². The molecule has 18 heavy (non-hydrogen) atoms. The van der Waals surface area contributed by atoms with Crippen molar-refractivity contribution >= 4 is 17.3 Å². The van der Waals surface area contributed by atoms with Gasteiger partial charge >= 0.3 is 0 Å². The fourth-order valence-corrected chi connectivity index (χ4v) is 2.71. The van der Waals surface area contributed by atoms with E-state index in [1.807, 2.05) is 6.07 Å². The molecular weight excluding hydrogens is 244 g/mol. The standard InChI is InChI=1S/C15H21ClN2/c1-17(15-8-4-2-5-9-15)12-14(16)13-18-10-6-3-7-11-18/h2,4-5,8-9,13H,3,6-7,10-12H2,1H3/p+1/b14-13-. The van der Waals surface area contributed by atoms with Crippen LogP contribution in [-0.4, -0.2) is 31.6 Å². The Bertz CT molecular complexity index is 383. The quantitative estimate of drug-likeness (QED) is 0.879. The van der Waals surface area contributed by atoms with Crippen LogP contribution in [0.5, 0.6) is 0 Å². The predicted octanol–water partition coefficient (Wildman–Crippen LogP) is 2.40. The number of rotatable bonds is 4. The van der Waals surface area contributed by atoms with Gasteiger partial charge in [-0.15, -0.1) is 0 Å². The Morgan fingerprint density at radius 1 is 1.22 bits per heavy atom. The average molecular weight is 266 g/mol. The number of likely N-dealkylation sites (N-methyl/N-ethyl adjacent to an activating group) is 1. The van der Waals surface area contributed by atoms with Crippen LogP contribution in [0.4, 0.5) is 5.69 Å². The summed E-state index contributed by atoms with van der Waals surface area (Å²) >= 11 is 6.36. The number of quaternary nitrogens is 1. The number of nitrogens with zero attached hydrogens (tertiary/aromatic N) is 1. The summed E-state index contributed by atoms with van der Waals surface area (Å²) < 4.78 is 0. The molecule has 1 heterocycles. The molecule has 1 unspecified atom stereocenters. The number of benzene rings is 1. The van der Waals surface area contributed by atoms with Gasteiger partial charge in [0.15, 0.2) is 0 Å². The van der Waals surface area contributed by atoms with Crippen LogP contribution in [0, 0.1) is 0 Å². The summed E-state index contributed by atoms with van der Waals surface area (Å²) in [7, 11) is 2.15. The molecule has 0 bridgehead atoms. The normalized spacial score (nSPS) is 18.8.